The van der Waals surface area contributed by atoms with Gasteiger partial charge in [0.25, 0.3) is 0 Å². The van der Waals surface area contributed by atoms with Crippen LogP contribution >= 0.6 is 0 Å². The summed E-state index contributed by atoms with van der Waals surface area (Å²) in [5, 5.41) is 11.9. The quantitative estimate of drug-likeness (QED) is 0.0866. The largest absolute Gasteiger partial charge is 0.306 e. The van der Waals surface area contributed by atoms with Crippen molar-refractivity contribution in [3.8, 4) is 11.1 Å². The third kappa shape index (κ3) is 5.40. The predicted molar refractivity (Wildman–Crippen MR) is 213 cm³/mol. The molecule has 3 heteroatoms. The van der Waals surface area contributed by atoms with Crippen LogP contribution in [0.5, 0.6) is 0 Å². The van der Waals surface area contributed by atoms with Crippen LogP contribution in [-0.4, -0.2) is 12.1 Å². The molecule has 1 atom stereocenters. The highest BCUT2D eigenvalue weighted by Crippen LogP contribution is 2.33. The first-order valence-electron chi connectivity index (χ1n) is 17.0. The molecule has 0 fully saturated rings. The van der Waals surface area contributed by atoms with E-state index in [1.165, 1.54) is 43.3 Å². The summed E-state index contributed by atoms with van der Waals surface area (Å²) in [5.74, 6) is 0.585. The minimum atomic E-state index is -0.604. The summed E-state index contributed by atoms with van der Waals surface area (Å²) in [5.41, 5.74) is 12.1. The standard InChI is InChI=1S/C47H33N3/c48-46(35-21-18-32(19-22-35)31-10-2-1-3-11-31)50-47(38-25-26-42-37(28-38)23-20-33-12-4-7-15-39(33)42)49-30-45-41-17-9-6-14-36(41)29-44-40-16-8-5-13-34(40)24-27-43(44)45/h1-30,46H,48H2. The molecule has 2 N–H and O–H groups in total. The molecule has 0 heterocycles. The molecule has 9 rings (SSSR count). The van der Waals surface area contributed by atoms with Gasteiger partial charge in [0.2, 0.25) is 0 Å². The van der Waals surface area contributed by atoms with Gasteiger partial charge in [0.05, 0.1) is 0 Å². The molecule has 0 aliphatic carbocycles. The van der Waals surface area contributed by atoms with E-state index in [0.717, 1.165) is 38.4 Å². The highest BCUT2D eigenvalue weighted by molar-refractivity contribution is 6.21. The zero-order chi connectivity index (χ0) is 33.4. The van der Waals surface area contributed by atoms with E-state index in [2.05, 4.69) is 170 Å². The zero-order valence-electron chi connectivity index (χ0n) is 27.4. The Balaban J connectivity index is 1.20. The van der Waals surface area contributed by atoms with Crippen LogP contribution in [-0.2, 0) is 0 Å². The van der Waals surface area contributed by atoms with Crippen molar-refractivity contribution in [1.82, 2.24) is 0 Å². The lowest BCUT2D eigenvalue weighted by Gasteiger charge is -2.13. The monoisotopic (exact) mass is 639 g/mol. The van der Waals surface area contributed by atoms with Crippen molar-refractivity contribution in [3.63, 3.8) is 0 Å². The Kier molecular flexibility index (Phi) is 7.46. The first-order valence-corrected chi connectivity index (χ1v) is 17.0. The van der Waals surface area contributed by atoms with E-state index in [4.69, 9.17) is 15.7 Å². The molecule has 0 saturated carbocycles. The third-order valence-corrected chi connectivity index (χ3v) is 9.75. The van der Waals surface area contributed by atoms with Gasteiger partial charge in [0.1, 0.15) is 6.17 Å². The minimum Gasteiger partial charge on any atom is -0.306 e. The molecule has 236 valence electrons. The molecule has 0 aromatic heterocycles. The number of fused-ring (bicyclic) bond motifs is 7. The van der Waals surface area contributed by atoms with Crippen LogP contribution in [0.4, 0.5) is 0 Å². The van der Waals surface area contributed by atoms with Gasteiger partial charge in [0.15, 0.2) is 5.84 Å². The van der Waals surface area contributed by atoms with E-state index in [1.807, 2.05) is 12.3 Å². The maximum absolute atomic E-state index is 6.86. The summed E-state index contributed by atoms with van der Waals surface area (Å²) in [6.45, 7) is 0. The van der Waals surface area contributed by atoms with E-state index < -0.39 is 6.17 Å². The molecule has 0 spiro atoms. The molecule has 0 aliphatic rings. The second kappa shape index (κ2) is 12.6. The molecule has 3 nitrogen and oxygen atoms in total. The van der Waals surface area contributed by atoms with Gasteiger partial charge >= 0.3 is 0 Å². The number of amidine groups is 1. The molecule has 0 aliphatic heterocycles. The lowest BCUT2D eigenvalue weighted by Crippen LogP contribution is -2.11. The van der Waals surface area contributed by atoms with Crippen LogP contribution in [0.15, 0.2) is 186 Å². The van der Waals surface area contributed by atoms with E-state index in [0.29, 0.717) is 5.84 Å². The van der Waals surface area contributed by atoms with E-state index in [1.54, 1.807) is 0 Å². The average molecular weight is 640 g/mol. The second-order valence-electron chi connectivity index (χ2n) is 12.8. The highest BCUT2D eigenvalue weighted by Gasteiger charge is 2.13. The Bertz CT molecular complexity index is 2760. The van der Waals surface area contributed by atoms with Crippen molar-refractivity contribution >= 4 is 65.9 Å². The molecule has 0 amide bonds. The Morgan fingerprint density at radius 1 is 0.440 bits per heavy atom. The van der Waals surface area contributed by atoms with Gasteiger partial charge in [0, 0.05) is 17.3 Å². The summed E-state index contributed by atoms with van der Waals surface area (Å²) in [7, 11) is 0. The predicted octanol–water partition coefficient (Wildman–Crippen LogP) is 11.6. The summed E-state index contributed by atoms with van der Waals surface area (Å²) >= 11 is 0. The Morgan fingerprint density at radius 2 is 0.980 bits per heavy atom. The number of nitrogens with two attached hydrogens (primary N) is 1. The van der Waals surface area contributed by atoms with E-state index in [9.17, 15) is 0 Å². The van der Waals surface area contributed by atoms with E-state index >= 15 is 0 Å². The smallest absolute Gasteiger partial charge is 0.156 e. The Labute approximate surface area is 290 Å². The van der Waals surface area contributed by atoms with Gasteiger partial charge in [-0.05, 0) is 82.7 Å². The van der Waals surface area contributed by atoms with Gasteiger partial charge in [-0.2, -0.15) is 0 Å². The minimum absolute atomic E-state index is 0.585. The van der Waals surface area contributed by atoms with Crippen LogP contribution in [0.3, 0.4) is 0 Å². The molecule has 9 aromatic rings. The highest BCUT2D eigenvalue weighted by atomic mass is 15.0. The molecule has 1 unspecified atom stereocenters. The molecule has 0 saturated heterocycles. The van der Waals surface area contributed by atoms with Gasteiger partial charge in [-0.1, -0.05) is 164 Å². The van der Waals surface area contributed by atoms with Crippen molar-refractivity contribution < 1.29 is 0 Å². The van der Waals surface area contributed by atoms with Gasteiger partial charge < -0.3 is 5.73 Å². The number of rotatable bonds is 5. The topological polar surface area (TPSA) is 50.7 Å². The number of benzene rings is 9. The zero-order valence-corrected chi connectivity index (χ0v) is 27.4. The molecule has 9 aromatic carbocycles. The molecular weight excluding hydrogens is 607 g/mol. The summed E-state index contributed by atoms with van der Waals surface area (Å²) < 4.78 is 0. The second-order valence-corrected chi connectivity index (χ2v) is 12.8. The molecule has 50 heavy (non-hydrogen) atoms. The van der Waals surface area contributed by atoms with Crippen LogP contribution < -0.4 is 5.73 Å². The fraction of sp³-hybridized carbons (Fsp3) is 0.0213. The van der Waals surface area contributed by atoms with Crippen LogP contribution in [0, 0.1) is 0 Å². The van der Waals surface area contributed by atoms with Crippen molar-refractivity contribution in [2.24, 2.45) is 15.7 Å². The number of hydrogen-bond donors (Lipinski definition) is 1. The van der Waals surface area contributed by atoms with Crippen LogP contribution in [0.25, 0.3) is 65.0 Å². The number of hydrogen-bond acceptors (Lipinski definition) is 2. The van der Waals surface area contributed by atoms with E-state index in [-0.39, 0.29) is 0 Å². The maximum atomic E-state index is 6.86. The number of nitrogens with zero attached hydrogens (tertiary/aromatic N) is 2. The average Bonchev–Trinajstić information content (AvgIpc) is 3.19. The summed E-state index contributed by atoms with van der Waals surface area (Å²) in [6, 6.07) is 61.8. The SMILES string of the molecule is NC(N=C(N=Cc1c2ccccc2cc2c1ccc1ccccc12)c1ccc2c(ccc3ccccc32)c1)c1ccc(-c2ccccc2)cc1. The van der Waals surface area contributed by atoms with Gasteiger partial charge in [-0.15, -0.1) is 0 Å². The lowest BCUT2D eigenvalue weighted by molar-refractivity contribution is 0.775. The Morgan fingerprint density at radius 3 is 1.74 bits per heavy atom. The maximum Gasteiger partial charge on any atom is 0.156 e. The Hall–Kier alpha value is -6.42. The molecule has 0 bridgehead atoms. The van der Waals surface area contributed by atoms with Crippen LogP contribution in [0.2, 0.25) is 0 Å². The summed E-state index contributed by atoms with van der Waals surface area (Å²) in [6.07, 6.45) is 1.38. The fourth-order valence-corrected chi connectivity index (χ4v) is 7.16. The first kappa shape index (κ1) is 29.7. The van der Waals surface area contributed by atoms with Crippen molar-refractivity contribution in [2.75, 3.05) is 0 Å². The molecule has 0 radical (unpaired) electrons. The van der Waals surface area contributed by atoms with Crippen molar-refractivity contribution in [3.05, 3.63) is 193 Å². The lowest BCUT2D eigenvalue weighted by atomic mass is 9.94. The fourth-order valence-electron chi connectivity index (χ4n) is 7.16. The summed E-state index contributed by atoms with van der Waals surface area (Å²) in [4.78, 5) is 10.3. The van der Waals surface area contributed by atoms with Gasteiger partial charge in [-0.3, -0.25) is 0 Å². The normalized spacial score (nSPS) is 12.9. The van der Waals surface area contributed by atoms with Crippen molar-refractivity contribution in [1.29, 1.82) is 0 Å². The van der Waals surface area contributed by atoms with Crippen LogP contribution in [0.1, 0.15) is 22.9 Å². The molecular formula is C47H33N3. The third-order valence-electron chi connectivity index (χ3n) is 9.75. The van der Waals surface area contributed by atoms with Gasteiger partial charge in [-0.25, -0.2) is 9.98 Å². The number of aliphatic imine (C=N–C) groups is 2. The van der Waals surface area contributed by atoms with Crippen molar-refractivity contribution in [2.45, 2.75) is 6.17 Å². The first-order chi connectivity index (χ1) is 24.7.